The normalized spacial score (nSPS) is 16.6. The molecule has 0 aliphatic carbocycles. The maximum Gasteiger partial charge on any atom is 0.344 e. The highest BCUT2D eigenvalue weighted by Crippen LogP contribution is 2.28. The van der Waals surface area contributed by atoms with Crippen molar-refractivity contribution < 1.29 is 19.4 Å². The minimum atomic E-state index is -1.12. The standard InChI is InChI=1S/C21H20B2N2O4/c1-3-13-8-15(22)4-6-18(13)25-11-14(10-24-25)20(26)17-9-16(23)5-7-19(17)29-12(2)21(27)28/h4-10,12,14H,3,11H2,1-2H3,(H,27,28). The van der Waals surface area contributed by atoms with Gasteiger partial charge in [-0.3, -0.25) is 9.80 Å². The van der Waals surface area contributed by atoms with Crippen molar-refractivity contribution >= 4 is 50.3 Å². The van der Waals surface area contributed by atoms with E-state index < -0.39 is 18.0 Å². The van der Waals surface area contributed by atoms with Gasteiger partial charge in [-0.15, -0.1) is 0 Å². The molecule has 0 fully saturated rings. The number of carbonyl (C=O) groups excluding carboxylic acids is 1. The number of hydrogen-bond donors (Lipinski definition) is 1. The van der Waals surface area contributed by atoms with Crippen LogP contribution < -0.4 is 20.7 Å². The molecule has 8 heteroatoms. The van der Waals surface area contributed by atoms with Crippen LogP contribution >= 0.6 is 0 Å². The Morgan fingerprint density at radius 2 is 1.93 bits per heavy atom. The molecule has 2 aromatic carbocycles. The smallest absolute Gasteiger partial charge is 0.344 e. The fourth-order valence-corrected chi connectivity index (χ4v) is 3.18. The van der Waals surface area contributed by atoms with Crippen LogP contribution in [0, 0.1) is 5.92 Å². The molecule has 1 heterocycles. The highest BCUT2D eigenvalue weighted by molar-refractivity contribution is 6.33. The number of hydrazone groups is 1. The summed E-state index contributed by atoms with van der Waals surface area (Å²) in [6.45, 7) is 3.79. The Morgan fingerprint density at radius 3 is 2.62 bits per heavy atom. The summed E-state index contributed by atoms with van der Waals surface area (Å²) in [4.78, 5) is 24.3. The third-order valence-electron chi connectivity index (χ3n) is 4.78. The number of hydrogen-bond acceptors (Lipinski definition) is 5. The van der Waals surface area contributed by atoms with E-state index in [-0.39, 0.29) is 17.1 Å². The minimum absolute atomic E-state index is 0.188. The van der Waals surface area contributed by atoms with E-state index in [2.05, 4.69) is 5.10 Å². The molecular weight excluding hydrogens is 366 g/mol. The van der Waals surface area contributed by atoms with Gasteiger partial charge in [0.25, 0.3) is 0 Å². The number of Topliss-reactive ketones (excluding diaryl/α,β-unsaturated/α-hetero) is 1. The summed E-state index contributed by atoms with van der Waals surface area (Å²) in [6.07, 6.45) is 1.28. The number of aryl methyl sites for hydroxylation is 1. The second-order valence-electron chi connectivity index (χ2n) is 6.91. The number of carboxylic acid groups (broad SMARTS) is 1. The van der Waals surface area contributed by atoms with E-state index in [4.69, 9.17) is 25.5 Å². The number of ether oxygens (including phenoxy) is 1. The number of aliphatic carboxylic acids is 1. The molecule has 0 aromatic heterocycles. The van der Waals surface area contributed by atoms with Gasteiger partial charge in [-0.1, -0.05) is 42.1 Å². The Hall–Kier alpha value is -3.02. The lowest BCUT2D eigenvalue weighted by Crippen LogP contribution is -2.28. The molecule has 6 nitrogen and oxygen atoms in total. The van der Waals surface area contributed by atoms with Crippen LogP contribution in [0.5, 0.6) is 5.75 Å². The molecule has 0 spiro atoms. The zero-order valence-electron chi connectivity index (χ0n) is 16.3. The molecule has 1 aliphatic rings. The van der Waals surface area contributed by atoms with Crippen LogP contribution in [0.4, 0.5) is 5.69 Å². The van der Waals surface area contributed by atoms with E-state index in [1.54, 1.807) is 23.4 Å². The van der Waals surface area contributed by atoms with Crippen molar-refractivity contribution in [2.24, 2.45) is 11.0 Å². The zero-order chi connectivity index (χ0) is 21.1. The molecule has 1 aliphatic heterocycles. The molecule has 144 valence electrons. The Morgan fingerprint density at radius 1 is 1.24 bits per heavy atom. The first-order valence-corrected chi connectivity index (χ1v) is 9.33. The van der Waals surface area contributed by atoms with Crippen molar-refractivity contribution in [3.05, 3.63) is 47.5 Å². The second-order valence-corrected chi connectivity index (χ2v) is 6.91. The van der Waals surface area contributed by atoms with Crippen LogP contribution in [-0.2, 0) is 11.2 Å². The molecule has 4 radical (unpaired) electrons. The van der Waals surface area contributed by atoms with Gasteiger partial charge in [0.15, 0.2) is 11.9 Å². The lowest BCUT2D eigenvalue weighted by Gasteiger charge is -2.20. The van der Waals surface area contributed by atoms with Gasteiger partial charge in [0, 0.05) is 6.21 Å². The quantitative estimate of drug-likeness (QED) is 0.568. The summed E-state index contributed by atoms with van der Waals surface area (Å²) in [7, 11) is 11.7. The lowest BCUT2D eigenvalue weighted by molar-refractivity contribution is -0.144. The van der Waals surface area contributed by atoms with Gasteiger partial charge in [0.2, 0.25) is 0 Å². The van der Waals surface area contributed by atoms with Crippen molar-refractivity contribution in [2.75, 3.05) is 11.6 Å². The van der Waals surface area contributed by atoms with Crippen molar-refractivity contribution in [3.8, 4) is 5.75 Å². The molecule has 1 N–H and O–H groups in total. The summed E-state index contributed by atoms with van der Waals surface area (Å²) in [5, 5.41) is 15.3. The average Bonchev–Trinajstić information content (AvgIpc) is 3.18. The summed E-state index contributed by atoms with van der Waals surface area (Å²) < 4.78 is 5.46. The van der Waals surface area contributed by atoms with Crippen molar-refractivity contribution in [2.45, 2.75) is 26.4 Å². The number of rotatable bonds is 7. The van der Waals surface area contributed by atoms with Gasteiger partial charge < -0.3 is 9.84 Å². The highest BCUT2D eigenvalue weighted by Gasteiger charge is 2.29. The first-order valence-electron chi connectivity index (χ1n) is 9.33. The first-order chi connectivity index (χ1) is 13.8. The first kappa shape index (κ1) is 20.7. The van der Waals surface area contributed by atoms with Crippen molar-refractivity contribution in [1.82, 2.24) is 0 Å². The molecule has 0 saturated carbocycles. The third kappa shape index (κ3) is 4.53. The number of carbonyl (C=O) groups is 2. The van der Waals surface area contributed by atoms with Gasteiger partial charge in [-0.05, 0) is 31.0 Å². The van der Waals surface area contributed by atoms with Gasteiger partial charge in [0.1, 0.15) is 21.4 Å². The number of carboxylic acids is 1. The largest absolute Gasteiger partial charge is 0.479 e. The van der Waals surface area contributed by atoms with E-state index >= 15 is 0 Å². The van der Waals surface area contributed by atoms with Crippen molar-refractivity contribution in [3.63, 3.8) is 0 Å². The van der Waals surface area contributed by atoms with Gasteiger partial charge >= 0.3 is 5.97 Å². The Labute approximate surface area is 172 Å². The van der Waals surface area contributed by atoms with Crippen LogP contribution in [0.3, 0.4) is 0 Å². The zero-order valence-corrected chi connectivity index (χ0v) is 16.3. The fraction of sp³-hybridized carbons (Fsp3) is 0.286. The molecule has 29 heavy (non-hydrogen) atoms. The van der Waals surface area contributed by atoms with Gasteiger partial charge in [-0.25, -0.2) is 4.79 Å². The number of nitrogens with zero attached hydrogens (tertiary/aromatic N) is 2. The highest BCUT2D eigenvalue weighted by atomic mass is 16.5. The predicted octanol–water partition coefficient (Wildman–Crippen LogP) is 0.993. The lowest BCUT2D eigenvalue weighted by atomic mass is 9.90. The average molecular weight is 386 g/mol. The Kier molecular flexibility index (Phi) is 6.11. The molecule has 3 rings (SSSR count). The topological polar surface area (TPSA) is 79.2 Å². The Balaban J connectivity index is 1.83. The molecule has 0 bridgehead atoms. The van der Waals surface area contributed by atoms with E-state index in [1.807, 2.05) is 19.1 Å². The SMILES string of the molecule is [B]c1ccc(N2CC(C(=O)c3cc([B])ccc3OC(C)C(=O)O)C=N2)c(CC)c1. The monoisotopic (exact) mass is 386 g/mol. The molecule has 2 atom stereocenters. The van der Waals surface area contributed by atoms with Crippen LogP contribution in [0.2, 0.25) is 0 Å². The number of benzene rings is 2. The summed E-state index contributed by atoms with van der Waals surface area (Å²) in [5.74, 6) is -1.68. The van der Waals surface area contributed by atoms with Crippen LogP contribution in [0.1, 0.15) is 29.8 Å². The maximum atomic E-state index is 13.1. The summed E-state index contributed by atoms with van der Waals surface area (Å²) in [5.41, 5.74) is 3.25. The predicted molar refractivity (Wildman–Crippen MR) is 114 cm³/mol. The molecular formula is C21H20B2N2O4. The summed E-state index contributed by atoms with van der Waals surface area (Å²) >= 11 is 0. The van der Waals surface area contributed by atoms with Crippen LogP contribution in [-0.4, -0.2) is 51.4 Å². The fourth-order valence-electron chi connectivity index (χ4n) is 3.18. The molecule has 0 saturated heterocycles. The van der Waals surface area contributed by atoms with Crippen LogP contribution in [0.15, 0.2) is 41.5 Å². The molecule has 2 aromatic rings. The summed E-state index contributed by atoms with van der Waals surface area (Å²) in [6, 6.07) is 10.2. The van der Waals surface area contributed by atoms with Gasteiger partial charge in [0.05, 0.1) is 23.7 Å². The second kappa shape index (κ2) is 8.55. The number of ketones is 1. The van der Waals surface area contributed by atoms with Crippen molar-refractivity contribution in [1.29, 1.82) is 0 Å². The Bertz CT molecular complexity index is 977. The minimum Gasteiger partial charge on any atom is -0.479 e. The molecule has 2 unspecified atom stereocenters. The van der Waals surface area contributed by atoms with E-state index in [1.165, 1.54) is 19.1 Å². The van der Waals surface area contributed by atoms with E-state index in [0.717, 1.165) is 17.7 Å². The van der Waals surface area contributed by atoms with E-state index in [0.29, 0.717) is 17.5 Å². The van der Waals surface area contributed by atoms with Gasteiger partial charge in [-0.2, -0.15) is 5.10 Å². The molecule has 0 amide bonds. The van der Waals surface area contributed by atoms with E-state index in [9.17, 15) is 9.59 Å². The number of anilines is 1. The third-order valence-corrected chi connectivity index (χ3v) is 4.78. The maximum absolute atomic E-state index is 13.1. The van der Waals surface area contributed by atoms with Crippen LogP contribution in [0.25, 0.3) is 0 Å².